The molecule has 0 N–H and O–H groups in total. The lowest BCUT2D eigenvalue weighted by Crippen LogP contribution is -2.50. The van der Waals surface area contributed by atoms with Gasteiger partial charge >= 0.3 is 6.09 Å². The van der Waals surface area contributed by atoms with Crippen molar-refractivity contribution in [1.29, 1.82) is 0 Å². The van der Waals surface area contributed by atoms with E-state index in [1.54, 1.807) is 11.8 Å². The third kappa shape index (κ3) is 5.09. The molecule has 1 amide bonds. The molecular weight excluding hydrogens is 262 g/mol. The Balaban J connectivity index is 2.65. The fourth-order valence-electron chi connectivity index (χ4n) is 2.20. The van der Waals surface area contributed by atoms with Crippen molar-refractivity contribution < 1.29 is 23.8 Å². The standard InChI is InChI=1S/C14H25NO5/c1-10(16)11-6-7-15(8-12(11)19-9-18-5)13(17)20-14(2,3)4/h11-12H,6-9H2,1-5H3/t11-,12-/m0/s1. The van der Waals surface area contributed by atoms with Gasteiger partial charge in [0.05, 0.1) is 12.6 Å². The Bertz CT molecular complexity index is 350. The van der Waals surface area contributed by atoms with Gasteiger partial charge in [-0.25, -0.2) is 4.79 Å². The van der Waals surface area contributed by atoms with E-state index >= 15 is 0 Å². The normalized spacial score (nSPS) is 23.6. The average molecular weight is 287 g/mol. The van der Waals surface area contributed by atoms with E-state index in [2.05, 4.69) is 0 Å². The van der Waals surface area contributed by atoms with Crippen LogP contribution in [0.3, 0.4) is 0 Å². The van der Waals surface area contributed by atoms with Crippen molar-refractivity contribution in [3.05, 3.63) is 0 Å². The fraction of sp³-hybridized carbons (Fsp3) is 0.857. The molecule has 2 atom stereocenters. The highest BCUT2D eigenvalue weighted by Gasteiger charge is 2.36. The summed E-state index contributed by atoms with van der Waals surface area (Å²) in [5.41, 5.74) is -0.530. The third-order valence-corrected chi connectivity index (χ3v) is 3.13. The van der Waals surface area contributed by atoms with E-state index in [0.29, 0.717) is 19.5 Å². The van der Waals surface area contributed by atoms with Crippen LogP contribution < -0.4 is 0 Å². The van der Waals surface area contributed by atoms with E-state index in [4.69, 9.17) is 14.2 Å². The van der Waals surface area contributed by atoms with Gasteiger partial charge in [0.2, 0.25) is 0 Å². The Kier molecular flexibility index (Phi) is 5.95. The van der Waals surface area contributed by atoms with Crippen molar-refractivity contribution in [3.63, 3.8) is 0 Å². The van der Waals surface area contributed by atoms with Gasteiger partial charge in [0.25, 0.3) is 0 Å². The molecule has 1 saturated heterocycles. The van der Waals surface area contributed by atoms with Gasteiger partial charge in [-0.1, -0.05) is 0 Å². The number of nitrogens with zero attached hydrogens (tertiary/aromatic N) is 1. The largest absolute Gasteiger partial charge is 0.444 e. The second kappa shape index (κ2) is 7.04. The molecule has 0 aromatic rings. The first-order valence-corrected chi connectivity index (χ1v) is 6.83. The molecule has 20 heavy (non-hydrogen) atoms. The minimum Gasteiger partial charge on any atom is -0.444 e. The molecule has 0 saturated carbocycles. The lowest BCUT2D eigenvalue weighted by Gasteiger charge is -2.37. The summed E-state index contributed by atoms with van der Waals surface area (Å²) < 4.78 is 15.7. The number of ketones is 1. The summed E-state index contributed by atoms with van der Waals surface area (Å²) in [4.78, 5) is 25.3. The Morgan fingerprint density at radius 1 is 1.30 bits per heavy atom. The summed E-state index contributed by atoms with van der Waals surface area (Å²) in [5, 5.41) is 0. The number of methoxy groups -OCH3 is 1. The number of carbonyl (C=O) groups is 2. The van der Waals surface area contributed by atoms with Crippen LogP contribution in [0.15, 0.2) is 0 Å². The molecule has 0 radical (unpaired) electrons. The van der Waals surface area contributed by atoms with Gasteiger partial charge < -0.3 is 19.1 Å². The van der Waals surface area contributed by atoms with Gasteiger partial charge in [0.1, 0.15) is 18.2 Å². The van der Waals surface area contributed by atoms with Crippen LogP contribution in [-0.4, -0.2) is 55.5 Å². The Hall–Kier alpha value is -1.14. The fourth-order valence-corrected chi connectivity index (χ4v) is 2.20. The van der Waals surface area contributed by atoms with Crippen LogP contribution in [0.25, 0.3) is 0 Å². The number of ether oxygens (including phenoxy) is 3. The minimum atomic E-state index is -0.530. The van der Waals surface area contributed by atoms with E-state index < -0.39 is 5.60 Å². The van der Waals surface area contributed by atoms with Gasteiger partial charge in [0.15, 0.2) is 0 Å². The summed E-state index contributed by atoms with van der Waals surface area (Å²) in [7, 11) is 1.53. The molecule has 1 rings (SSSR count). The van der Waals surface area contributed by atoms with Gasteiger partial charge in [-0.2, -0.15) is 0 Å². The molecule has 1 heterocycles. The summed E-state index contributed by atoms with van der Waals surface area (Å²) >= 11 is 0. The number of likely N-dealkylation sites (tertiary alicyclic amines) is 1. The molecule has 116 valence electrons. The van der Waals surface area contributed by atoms with Crippen molar-refractivity contribution in [1.82, 2.24) is 4.90 Å². The number of hydrogen-bond donors (Lipinski definition) is 0. The zero-order valence-electron chi connectivity index (χ0n) is 13.0. The first kappa shape index (κ1) is 16.9. The zero-order chi connectivity index (χ0) is 15.3. The SMILES string of the molecule is COCO[C@H]1CN(C(=O)OC(C)(C)C)CC[C@H]1C(C)=O. The smallest absolute Gasteiger partial charge is 0.410 e. The molecule has 6 nitrogen and oxygen atoms in total. The van der Waals surface area contributed by atoms with Crippen LogP contribution in [0.5, 0.6) is 0 Å². The van der Waals surface area contributed by atoms with Crippen molar-refractivity contribution in [2.24, 2.45) is 5.92 Å². The summed E-state index contributed by atoms with van der Waals surface area (Å²) in [6.07, 6.45) is -0.123. The monoisotopic (exact) mass is 287 g/mol. The highest BCUT2D eigenvalue weighted by molar-refractivity contribution is 5.79. The van der Waals surface area contributed by atoms with Crippen molar-refractivity contribution in [2.75, 3.05) is 27.0 Å². The number of rotatable bonds is 4. The van der Waals surface area contributed by atoms with E-state index in [1.165, 1.54) is 7.11 Å². The van der Waals surface area contributed by atoms with E-state index in [9.17, 15) is 9.59 Å². The van der Waals surface area contributed by atoms with E-state index in [1.807, 2.05) is 20.8 Å². The maximum atomic E-state index is 12.0. The number of piperidine rings is 1. The zero-order valence-corrected chi connectivity index (χ0v) is 13.0. The molecule has 1 aliphatic heterocycles. The lowest BCUT2D eigenvalue weighted by atomic mass is 9.90. The second-order valence-electron chi connectivity index (χ2n) is 6.04. The van der Waals surface area contributed by atoms with E-state index in [-0.39, 0.29) is 30.7 Å². The number of amides is 1. The quantitative estimate of drug-likeness (QED) is 0.738. The Morgan fingerprint density at radius 3 is 2.45 bits per heavy atom. The number of hydrogen-bond acceptors (Lipinski definition) is 5. The highest BCUT2D eigenvalue weighted by Crippen LogP contribution is 2.23. The molecule has 0 aromatic carbocycles. The van der Waals surface area contributed by atoms with Crippen LogP contribution in [0.2, 0.25) is 0 Å². The van der Waals surface area contributed by atoms with E-state index in [0.717, 1.165) is 0 Å². The predicted molar refractivity (Wildman–Crippen MR) is 73.3 cm³/mol. The van der Waals surface area contributed by atoms with Crippen molar-refractivity contribution >= 4 is 11.9 Å². The number of carbonyl (C=O) groups excluding carboxylic acids is 2. The Morgan fingerprint density at radius 2 is 1.95 bits per heavy atom. The van der Waals surface area contributed by atoms with Gasteiger partial charge in [-0.3, -0.25) is 4.79 Å². The Labute approximate surface area is 120 Å². The molecule has 0 unspecified atom stereocenters. The van der Waals surface area contributed by atoms with Gasteiger partial charge in [-0.15, -0.1) is 0 Å². The van der Waals surface area contributed by atoms with Crippen LogP contribution in [0.1, 0.15) is 34.1 Å². The molecule has 0 aliphatic carbocycles. The first-order valence-electron chi connectivity index (χ1n) is 6.83. The molecule has 6 heteroatoms. The maximum Gasteiger partial charge on any atom is 0.410 e. The molecule has 0 aromatic heterocycles. The summed E-state index contributed by atoms with van der Waals surface area (Å²) in [6, 6.07) is 0. The summed E-state index contributed by atoms with van der Waals surface area (Å²) in [6.45, 7) is 7.99. The van der Waals surface area contributed by atoms with Crippen LogP contribution >= 0.6 is 0 Å². The summed E-state index contributed by atoms with van der Waals surface area (Å²) in [5.74, 6) is -0.112. The molecule has 1 aliphatic rings. The first-order chi connectivity index (χ1) is 9.24. The van der Waals surface area contributed by atoms with Gasteiger partial charge in [-0.05, 0) is 34.1 Å². The van der Waals surface area contributed by atoms with Crippen LogP contribution in [0, 0.1) is 5.92 Å². The topological polar surface area (TPSA) is 65.1 Å². The van der Waals surface area contributed by atoms with Gasteiger partial charge in [0, 0.05) is 19.6 Å². The lowest BCUT2D eigenvalue weighted by molar-refractivity contribution is -0.140. The number of Topliss-reactive ketones (excluding diaryl/α,β-unsaturated/α-hetero) is 1. The van der Waals surface area contributed by atoms with Crippen molar-refractivity contribution in [2.45, 2.75) is 45.8 Å². The molecule has 1 fully saturated rings. The minimum absolute atomic E-state index is 0.0786. The van der Waals surface area contributed by atoms with Crippen molar-refractivity contribution in [3.8, 4) is 0 Å². The highest BCUT2D eigenvalue weighted by atomic mass is 16.7. The molecule has 0 spiro atoms. The van der Waals surface area contributed by atoms with Crippen LogP contribution in [-0.2, 0) is 19.0 Å². The molecular formula is C14H25NO5. The predicted octanol–water partition coefficient (Wildman–Crippen LogP) is 1.82. The molecule has 0 bridgehead atoms. The maximum absolute atomic E-state index is 12.0. The average Bonchev–Trinajstić information content (AvgIpc) is 2.33. The van der Waals surface area contributed by atoms with Crippen LogP contribution in [0.4, 0.5) is 4.79 Å². The second-order valence-corrected chi connectivity index (χ2v) is 6.04. The third-order valence-electron chi connectivity index (χ3n) is 3.13.